The number of hydrogen-bond acceptors (Lipinski definition) is 4. The van der Waals surface area contributed by atoms with Crippen LogP contribution in [0.5, 0.6) is 0 Å². The Hall–Kier alpha value is -1.92. The molecular formula is C13H9BrClN3O2. The number of hydrogen-bond donors (Lipinski definition) is 1. The molecule has 1 N–H and O–H groups in total. The van der Waals surface area contributed by atoms with Gasteiger partial charge in [0, 0.05) is 16.1 Å². The molecule has 2 aromatic rings. The van der Waals surface area contributed by atoms with Crippen molar-refractivity contribution in [3.63, 3.8) is 0 Å². The first-order valence-corrected chi connectivity index (χ1v) is 6.72. The highest BCUT2D eigenvalue weighted by molar-refractivity contribution is 9.10. The number of nitrogens with one attached hydrogen (secondary N) is 1. The maximum Gasteiger partial charge on any atom is 0.288 e. The summed E-state index contributed by atoms with van der Waals surface area (Å²) in [5, 5.41) is 14.9. The predicted octanol–water partition coefficient (Wildman–Crippen LogP) is 4.46. The van der Waals surface area contributed by atoms with Gasteiger partial charge in [0.1, 0.15) is 5.02 Å². The smallest absolute Gasteiger partial charge is 0.279 e. The number of benzene rings is 2. The number of rotatable bonds is 4. The Bertz CT molecular complexity index is 659. The number of halogens is 2. The van der Waals surface area contributed by atoms with Gasteiger partial charge in [-0.15, -0.1) is 0 Å². The third-order valence-electron chi connectivity index (χ3n) is 2.42. The molecule has 0 amide bonds. The van der Waals surface area contributed by atoms with Gasteiger partial charge >= 0.3 is 0 Å². The molecule has 0 fully saturated rings. The van der Waals surface area contributed by atoms with Gasteiger partial charge in [0.2, 0.25) is 0 Å². The minimum Gasteiger partial charge on any atom is -0.279 e. The lowest BCUT2D eigenvalue weighted by Gasteiger charge is -2.00. The van der Waals surface area contributed by atoms with E-state index in [-0.39, 0.29) is 10.7 Å². The number of nitro benzene ring substituents is 1. The van der Waals surface area contributed by atoms with Crippen molar-refractivity contribution in [3.8, 4) is 0 Å². The zero-order chi connectivity index (χ0) is 14.5. The van der Waals surface area contributed by atoms with Gasteiger partial charge < -0.3 is 0 Å². The molecular weight excluding hydrogens is 346 g/mol. The summed E-state index contributed by atoms with van der Waals surface area (Å²) >= 11 is 9.07. The van der Waals surface area contributed by atoms with Gasteiger partial charge in [-0.2, -0.15) is 5.10 Å². The lowest BCUT2D eigenvalue weighted by Crippen LogP contribution is -1.93. The van der Waals surface area contributed by atoms with E-state index in [4.69, 9.17) is 11.6 Å². The van der Waals surface area contributed by atoms with Crippen molar-refractivity contribution in [3.05, 3.63) is 67.6 Å². The first kappa shape index (κ1) is 14.5. The molecule has 0 aliphatic rings. The second-order valence-corrected chi connectivity index (χ2v) is 5.17. The molecule has 0 unspecified atom stereocenters. The van der Waals surface area contributed by atoms with E-state index < -0.39 is 4.92 Å². The van der Waals surface area contributed by atoms with Crippen molar-refractivity contribution in [2.75, 3.05) is 5.43 Å². The third kappa shape index (κ3) is 3.79. The Labute approximate surface area is 128 Å². The Morgan fingerprint density at radius 2 is 1.95 bits per heavy atom. The van der Waals surface area contributed by atoms with Crippen molar-refractivity contribution >= 4 is 45.1 Å². The monoisotopic (exact) mass is 353 g/mol. The molecule has 0 aliphatic heterocycles. The molecule has 20 heavy (non-hydrogen) atoms. The van der Waals surface area contributed by atoms with Crippen LogP contribution in [0.25, 0.3) is 0 Å². The van der Waals surface area contributed by atoms with Crippen molar-refractivity contribution in [1.82, 2.24) is 0 Å². The topological polar surface area (TPSA) is 67.5 Å². The zero-order valence-corrected chi connectivity index (χ0v) is 12.4. The number of hydrazone groups is 1. The number of nitrogens with zero attached hydrogens (tertiary/aromatic N) is 2. The third-order valence-corrected chi connectivity index (χ3v) is 3.27. The molecule has 102 valence electrons. The quantitative estimate of drug-likeness (QED) is 0.501. The molecule has 0 spiro atoms. The lowest BCUT2D eigenvalue weighted by molar-refractivity contribution is -0.384. The van der Waals surface area contributed by atoms with Crippen LogP contribution in [0.15, 0.2) is 52.0 Å². The van der Waals surface area contributed by atoms with Gasteiger partial charge in [0.25, 0.3) is 5.69 Å². The maximum atomic E-state index is 10.8. The highest BCUT2D eigenvalue weighted by Crippen LogP contribution is 2.24. The van der Waals surface area contributed by atoms with E-state index in [2.05, 4.69) is 26.5 Å². The van der Waals surface area contributed by atoms with Crippen molar-refractivity contribution < 1.29 is 4.92 Å². The summed E-state index contributed by atoms with van der Waals surface area (Å²) < 4.78 is 0.973. The highest BCUT2D eigenvalue weighted by atomic mass is 79.9. The molecule has 5 nitrogen and oxygen atoms in total. The summed E-state index contributed by atoms with van der Waals surface area (Å²) in [4.78, 5) is 10.2. The Morgan fingerprint density at radius 3 is 2.60 bits per heavy atom. The summed E-state index contributed by atoms with van der Waals surface area (Å²) in [5.74, 6) is 0. The summed E-state index contributed by atoms with van der Waals surface area (Å²) in [7, 11) is 0. The zero-order valence-electron chi connectivity index (χ0n) is 10.1. The van der Waals surface area contributed by atoms with E-state index >= 15 is 0 Å². The fraction of sp³-hybridized carbons (Fsp3) is 0. The Balaban J connectivity index is 2.10. The van der Waals surface area contributed by atoms with Crippen LogP contribution in [0.1, 0.15) is 5.56 Å². The van der Waals surface area contributed by atoms with Gasteiger partial charge in [0.05, 0.1) is 16.8 Å². The van der Waals surface area contributed by atoms with Crippen LogP contribution in [0.2, 0.25) is 5.02 Å². The SMILES string of the molecule is O=[N+]([O-])c1cc(C=NNc2ccc(Br)cc2)ccc1Cl. The van der Waals surface area contributed by atoms with Crippen LogP contribution in [0.3, 0.4) is 0 Å². The van der Waals surface area contributed by atoms with Crippen LogP contribution in [0, 0.1) is 10.1 Å². The average Bonchev–Trinajstić information content (AvgIpc) is 2.42. The van der Waals surface area contributed by atoms with E-state index in [1.165, 1.54) is 18.3 Å². The molecule has 0 saturated heterocycles. The molecule has 0 radical (unpaired) electrons. The second kappa shape index (κ2) is 6.49. The van der Waals surface area contributed by atoms with Gasteiger partial charge in [-0.25, -0.2) is 0 Å². The van der Waals surface area contributed by atoms with Crippen LogP contribution < -0.4 is 5.43 Å². The summed E-state index contributed by atoms with van der Waals surface area (Å²) in [5.41, 5.74) is 4.09. The van der Waals surface area contributed by atoms with E-state index in [0.717, 1.165) is 10.2 Å². The van der Waals surface area contributed by atoms with Crippen molar-refractivity contribution in [2.45, 2.75) is 0 Å². The summed E-state index contributed by atoms with van der Waals surface area (Å²) in [6.07, 6.45) is 1.49. The molecule has 0 atom stereocenters. The van der Waals surface area contributed by atoms with Gasteiger partial charge in [-0.3, -0.25) is 15.5 Å². The standard InChI is InChI=1S/C13H9BrClN3O2/c14-10-2-4-11(5-3-10)17-16-8-9-1-6-12(15)13(7-9)18(19)20/h1-8,17H. The molecule has 7 heteroatoms. The molecule has 2 rings (SSSR count). The average molecular weight is 355 g/mol. The summed E-state index contributed by atoms with van der Waals surface area (Å²) in [6, 6.07) is 12.0. The van der Waals surface area contributed by atoms with Crippen molar-refractivity contribution in [2.24, 2.45) is 5.10 Å². The number of nitro groups is 1. The van der Waals surface area contributed by atoms with Crippen LogP contribution in [-0.4, -0.2) is 11.1 Å². The fourth-order valence-corrected chi connectivity index (χ4v) is 1.91. The van der Waals surface area contributed by atoms with E-state index in [9.17, 15) is 10.1 Å². The van der Waals surface area contributed by atoms with Crippen LogP contribution >= 0.6 is 27.5 Å². The summed E-state index contributed by atoms with van der Waals surface area (Å²) in [6.45, 7) is 0. The Morgan fingerprint density at radius 1 is 1.25 bits per heavy atom. The molecule has 0 aromatic heterocycles. The molecule has 2 aromatic carbocycles. The Kier molecular flexibility index (Phi) is 4.70. The minimum absolute atomic E-state index is 0.105. The fourth-order valence-electron chi connectivity index (χ4n) is 1.46. The largest absolute Gasteiger partial charge is 0.288 e. The van der Waals surface area contributed by atoms with Crippen molar-refractivity contribution in [1.29, 1.82) is 0 Å². The number of anilines is 1. The van der Waals surface area contributed by atoms with Crippen LogP contribution in [0.4, 0.5) is 11.4 Å². The second-order valence-electron chi connectivity index (χ2n) is 3.84. The van der Waals surface area contributed by atoms with E-state index in [1.54, 1.807) is 6.07 Å². The normalized spacial score (nSPS) is 10.7. The maximum absolute atomic E-state index is 10.8. The van der Waals surface area contributed by atoms with Gasteiger partial charge in [0.15, 0.2) is 0 Å². The predicted molar refractivity (Wildman–Crippen MR) is 83.5 cm³/mol. The first-order chi connectivity index (χ1) is 9.56. The lowest BCUT2D eigenvalue weighted by atomic mass is 10.2. The van der Waals surface area contributed by atoms with Gasteiger partial charge in [-0.05, 0) is 30.3 Å². The molecule has 0 saturated carbocycles. The first-order valence-electron chi connectivity index (χ1n) is 5.55. The highest BCUT2D eigenvalue weighted by Gasteiger charge is 2.11. The van der Waals surface area contributed by atoms with E-state index in [1.807, 2.05) is 24.3 Å². The minimum atomic E-state index is -0.526. The van der Waals surface area contributed by atoms with Crippen LogP contribution in [-0.2, 0) is 0 Å². The molecule has 0 heterocycles. The molecule has 0 aliphatic carbocycles. The molecule has 0 bridgehead atoms. The van der Waals surface area contributed by atoms with Gasteiger partial charge in [-0.1, -0.05) is 33.6 Å². The van der Waals surface area contributed by atoms with E-state index in [0.29, 0.717) is 5.56 Å².